The van der Waals surface area contributed by atoms with Crippen LogP contribution in [0.5, 0.6) is 0 Å². The quantitative estimate of drug-likeness (QED) is 0.839. The third-order valence-corrected chi connectivity index (χ3v) is 5.88. The number of carbonyl (C=O) groups is 1. The van der Waals surface area contributed by atoms with Crippen molar-refractivity contribution in [2.75, 3.05) is 7.05 Å². The minimum atomic E-state index is -3.49. The number of hydrogen-bond acceptors (Lipinski definition) is 4. The highest BCUT2D eigenvalue weighted by molar-refractivity contribution is 7.89. The van der Waals surface area contributed by atoms with E-state index in [1.165, 1.54) is 31.3 Å². The molecule has 2 rings (SSSR count). The molecule has 1 heterocycles. The monoisotopic (exact) mass is 352 g/mol. The molecule has 7 heteroatoms. The largest absolute Gasteiger partial charge is 0.344 e. The van der Waals surface area contributed by atoms with E-state index < -0.39 is 10.0 Å². The van der Waals surface area contributed by atoms with Crippen LogP contribution in [-0.4, -0.2) is 21.4 Å². The van der Waals surface area contributed by atoms with Crippen molar-refractivity contribution in [3.05, 3.63) is 52.2 Å². The van der Waals surface area contributed by atoms with Gasteiger partial charge in [-0.25, -0.2) is 13.1 Å². The van der Waals surface area contributed by atoms with Crippen LogP contribution in [0.3, 0.4) is 0 Å². The summed E-state index contributed by atoms with van der Waals surface area (Å²) >= 11 is 1.60. The highest BCUT2D eigenvalue weighted by Crippen LogP contribution is 2.26. The number of hydrogen-bond donors (Lipinski definition) is 2. The van der Waals surface area contributed by atoms with Gasteiger partial charge in [0.25, 0.3) is 5.91 Å². The lowest BCUT2D eigenvalue weighted by Crippen LogP contribution is -2.31. The van der Waals surface area contributed by atoms with E-state index in [-0.39, 0.29) is 22.8 Å². The van der Waals surface area contributed by atoms with Crippen LogP contribution in [0, 0.1) is 5.92 Å². The molecule has 5 nitrogen and oxygen atoms in total. The second kappa shape index (κ2) is 7.25. The highest BCUT2D eigenvalue weighted by atomic mass is 32.2. The molecule has 2 N–H and O–H groups in total. The van der Waals surface area contributed by atoms with Gasteiger partial charge in [0.05, 0.1) is 10.9 Å². The van der Waals surface area contributed by atoms with Gasteiger partial charge in [0, 0.05) is 10.4 Å². The van der Waals surface area contributed by atoms with Crippen LogP contribution in [0.2, 0.25) is 0 Å². The zero-order valence-corrected chi connectivity index (χ0v) is 14.9. The molecule has 0 spiro atoms. The summed E-state index contributed by atoms with van der Waals surface area (Å²) in [7, 11) is -2.14. The van der Waals surface area contributed by atoms with Crippen molar-refractivity contribution in [3.63, 3.8) is 0 Å². The maximum absolute atomic E-state index is 12.4. The van der Waals surface area contributed by atoms with Crippen molar-refractivity contribution in [2.45, 2.75) is 24.8 Å². The van der Waals surface area contributed by atoms with E-state index in [1.807, 2.05) is 31.4 Å². The fourth-order valence-electron chi connectivity index (χ4n) is 2.16. The lowest BCUT2D eigenvalue weighted by atomic mass is 10.0. The van der Waals surface area contributed by atoms with Gasteiger partial charge in [0.2, 0.25) is 10.0 Å². The average molecular weight is 352 g/mol. The number of nitrogens with one attached hydrogen (secondary N) is 2. The van der Waals surface area contributed by atoms with E-state index in [0.29, 0.717) is 5.56 Å². The van der Waals surface area contributed by atoms with Gasteiger partial charge in [-0.05, 0) is 48.7 Å². The molecule has 0 unspecified atom stereocenters. The van der Waals surface area contributed by atoms with Crippen LogP contribution in [0.4, 0.5) is 0 Å². The van der Waals surface area contributed by atoms with E-state index in [9.17, 15) is 13.2 Å². The van der Waals surface area contributed by atoms with Gasteiger partial charge in [0.1, 0.15) is 0 Å². The zero-order chi connectivity index (χ0) is 17.0. The Kier molecular flexibility index (Phi) is 5.56. The van der Waals surface area contributed by atoms with Crippen LogP contribution in [0.1, 0.15) is 35.1 Å². The smallest absolute Gasteiger partial charge is 0.251 e. The highest BCUT2D eigenvalue weighted by Gasteiger charge is 2.20. The number of amides is 1. The third kappa shape index (κ3) is 4.19. The molecule has 1 atom stereocenters. The van der Waals surface area contributed by atoms with Crippen LogP contribution in [0.25, 0.3) is 0 Å². The van der Waals surface area contributed by atoms with Crippen molar-refractivity contribution < 1.29 is 13.2 Å². The second-order valence-corrected chi connectivity index (χ2v) is 8.31. The number of benzene rings is 1. The molecule has 0 saturated heterocycles. The fraction of sp³-hybridized carbons (Fsp3) is 0.312. The first-order valence-corrected chi connectivity index (χ1v) is 9.59. The predicted octanol–water partition coefficient (Wildman–Crippen LogP) is 2.78. The maximum Gasteiger partial charge on any atom is 0.251 e. The molecule has 0 aliphatic carbocycles. The van der Waals surface area contributed by atoms with Gasteiger partial charge in [-0.2, -0.15) is 0 Å². The van der Waals surface area contributed by atoms with Gasteiger partial charge >= 0.3 is 0 Å². The normalized spacial score (nSPS) is 13.0. The Morgan fingerprint density at radius 1 is 1.13 bits per heavy atom. The minimum absolute atomic E-state index is 0.0665. The summed E-state index contributed by atoms with van der Waals surface area (Å²) < 4.78 is 25.6. The van der Waals surface area contributed by atoms with E-state index in [1.54, 1.807) is 11.3 Å². The first kappa shape index (κ1) is 17.7. The van der Waals surface area contributed by atoms with E-state index >= 15 is 0 Å². The SMILES string of the molecule is CNS(=O)(=O)c1ccc(C(=O)N[C@@H](c2cccs2)C(C)C)cc1. The summed E-state index contributed by atoms with van der Waals surface area (Å²) in [5.74, 6) is 0.0343. The van der Waals surface area contributed by atoms with Crippen molar-refractivity contribution in [1.29, 1.82) is 0 Å². The zero-order valence-electron chi connectivity index (χ0n) is 13.2. The number of carbonyl (C=O) groups excluding carboxylic acids is 1. The predicted molar refractivity (Wildman–Crippen MR) is 92.1 cm³/mol. The van der Waals surface area contributed by atoms with Crippen molar-refractivity contribution >= 4 is 27.3 Å². The standard InChI is InChI=1S/C16H20N2O3S2/c1-11(2)15(14-5-4-10-22-14)18-16(19)12-6-8-13(9-7-12)23(20,21)17-3/h4-11,15,17H,1-3H3,(H,18,19)/t15-/m1/s1. The van der Waals surface area contributed by atoms with Crippen LogP contribution < -0.4 is 10.0 Å². The molecule has 0 aliphatic rings. The van der Waals surface area contributed by atoms with Gasteiger partial charge in [-0.15, -0.1) is 11.3 Å². The molecular weight excluding hydrogens is 332 g/mol. The molecule has 0 bridgehead atoms. The molecule has 124 valence electrons. The number of thiophene rings is 1. The number of sulfonamides is 1. The van der Waals surface area contributed by atoms with Gasteiger partial charge in [-0.3, -0.25) is 4.79 Å². The van der Waals surface area contributed by atoms with Gasteiger partial charge < -0.3 is 5.32 Å². The van der Waals surface area contributed by atoms with Gasteiger partial charge in [-0.1, -0.05) is 19.9 Å². The first-order valence-electron chi connectivity index (χ1n) is 7.23. The van der Waals surface area contributed by atoms with Crippen LogP contribution >= 0.6 is 11.3 Å². The summed E-state index contributed by atoms with van der Waals surface area (Å²) in [4.78, 5) is 13.6. The summed E-state index contributed by atoms with van der Waals surface area (Å²) in [6.45, 7) is 4.10. The van der Waals surface area contributed by atoms with Crippen molar-refractivity contribution in [3.8, 4) is 0 Å². The molecule has 0 aliphatic heterocycles. The molecule has 23 heavy (non-hydrogen) atoms. The second-order valence-electron chi connectivity index (χ2n) is 5.44. The summed E-state index contributed by atoms with van der Waals surface area (Å²) in [6, 6.07) is 9.78. The Balaban J connectivity index is 2.17. The Morgan fingerprint density at radius 3 is 2.26 bits per heavy atom. The van der Waals surface area contributed by atoms with Gasteiger partial charge in [0.15, 0.2) is 0 Å². The van der Waals surface area contributed by atoms with E-state index in [2.05, 4.69) is 10.0 Å². The molecule has 0 radical (unpaired) electrons. The summed E-state index contributed by atoms with van der Waals surface area (Å²) in [5.41, 5.74) is 0.433. The molecule has 1 amide bonds. The molecule has 1 aromatic carbocycles. The summed E-state index contributed by atoms with van der Waals surface area (Å²) in [6.07, 6.45) is 0. The Hall–Kier alpha value is -1.70. The number of rotatable bonds is 6. The van der Waals surface area contributed by atoms with Crippen molar-refractivity contribution in [1.82, 2.24) is 10.0 Å². The lowest BCUT2D eigenvalue weighted by molar-refractivity contribution is 0.0926. The lowest BCUT2D eigenvalue weighted by Gasteiger charge is -2.21. The van der Waals surface area contributed by atoms with Crippen LogP contribution in [-0.2, 0) is 10.0 Å². The molecular formula is C16H20N2O3S2. The Labute approximate surface area is 140 Å². The first-order chi connectivity index (χ1) is 10.8. The molecule has 1 aromatic heterocycles. The van der Waals surface area contributed by atoms with E-state index in [4.69, 9.17) is 0 Å². The van der Waals surface area contributed by atoms with Crippen LogP contribution in [0.15, 0.2) is 46.7 Å². The molecule has 0 saturated carbocycles. The Bertz CT molecular complexity index is 751. The Morgan fingerprint density at radius 2 is 1.78 bits per heavy atom. The topological polar surface area (TPSA) is 75.3 Å². The molecule has 0 fully saturated rings. The van der Waals surface area contributed by atoms with Crippen molar-refractivity contribution in [2.24, 2.45) is 5.92 Å². The third-order valence-electron chi connectivity index (χ3n) is 3.50. The average Bonchev–Trinajstić information content (AvgIpc) is 3.06. The maximum atomic E-state index is 12.4. The summed E-state index contributed by atoms with van der Waals surface area (Å²) in [5, 5.41) is 4.99. The minimum Gasteiger partial charge on any atom is -0.344 e. The van der Waals surface area contributed by atoms with E-state index in [0.717, 1.165) is 4.88 Å². The molecule has 2 aromatic rings. The fourth-order valence-corrected chi connectivity index (χ4v) is 3.84.